The highest BCUT2D eigenvalue weighted by Crippen LogP contribution is 2.23. The highest BCUT2D eigenvalue weighted by molar-refractivity contribution is 9.10. The van der Waals surface area contributed by atoms with Crippen LogP contribution in [-0.4, -0.2) is 17.6 Å². The maximum atomic E-state index is 8.69. The van der Waals surface area contributed by atoms with Crippen molar-refractivity contribution < 1.29 is 5.21 Å². The number of nitrogens with one attached hydrogen (secondary N) is 1. The maximum absolute atomic E-state index is 8.69. The molecule has 4 nitrogen and oxygen atoms in total. The van der Waals surface area contributed by atoms with Gasteiger partial charge in [0.2, 0.25) is 0 Å². The van der Waals surface area contributed by atoms with Crippen LogP contribution in [0.1, 0.15) is 33.1 Å². The minimum absolute atomic E-state index is 0.244. The second kappa shape index (κ2) is 7.38. The fourth-order valence-corrected chi connectivity index (χ4v) is 2.02. The summed E-state index contributed by atoms with van der Waals surface area (Å²) in [7, 11) is 0. The third kappa shape index (κ3) is 5.51. The van der Waals surface area contributed by atoms with Gasteiger partial charge in [0.05, 0.1) is 0 Å². The van der Waals surface area contributed by atoms with Crippen molar-refractivity contribution in [3.8, 4) is 0 Å². The molecule has 1 aromatic rings. The lowest BCUT2D eigenvalue weighted by molar-refractivity contribution is 0.304. The Morgan fingerprint density at radius 3 is 2.53 bits per heavy atom. The molecule has 1 rings (SSSR count). The van der Waals surface area contributed by atoms with Crippen LogP contribution < -0.4 is 11.1 Å². The molecule has 0 aliphatic rings. The number of anilines is 1. The first kappa shape index (κ1) is 15.8. The third-order valence-corrected chi connectivity index (χ3v) is 3.73. The molecular formula is C14H22BrN3O. The van der Waals surface area contributed by atoms with Crippen LogP contribution in [0.3, 0.4) is 0 Å². The summed E-state index contributed by atoms with van der Waals surface area (Å²) in [5, 5.41) is 15.1. The third-order valence-electron chi connectivity index (χ3n) is 3.20. The van der Waals surface area contributed by atoms with Gasteiger partial charge in [0.25, 0.3) is 0 Å². The number of halogens is 1. The molecule has 0 heterocycles. The largest absolute Gasteiger partial charge is 0.409 e. The second-order valence-electron chi connectivity index (χ2n) is 5.26. The second-order valence-corrected chi connectivity index (χ2v) is 6.18. The Morgan fingerprint density at radius 1 is 1.32 bits per heavy atom. The molecule has 0 aliphatic carbocycles. The number of rotatable bonds is 7. The smallest absolute Gasteiger partial charge is 0.144 e. The summed E-state index contributed by atoms with van der Waals surface area (Å²) >= 11 is 3.41. The Labute approximate surface area is 123 Å². The first-order valence-corrected chi connectivity index (χ1v) is 7.22. The van der Waals surface area contributed by atoms with Gasteiger partial charge < -0.3 is 16.3 Å². The van der Waals surface area contributed by atoms with Crippen molar-refractivity contribution in [1.29, 1.82) is 0 Å². The van der Waals surface area contributed by atoms with E-state index in [1.54, 1.807) is 0 Å². The van der Waals surface area contributed by atoms with Gasteiger partial charge in [-0.2, -0.15) is 0 Å². The lowest BCUT2D eigenvalue weighted by Gasteiger charge is -2.22. The average Bonchev–Trinajstić information content (AvgIpc) is 2.39. The van der Waals surface area contributed by atoms with Crippen molar-refractivity contribution in [2.24, 2.45) is 16.3 Å². The van der Waals surface area contributed by atoms with E-state index in [4.69, 9.17) is 10.9 Å². The summed E-state index contributed by atoms with van der Waals surface area (Å²) in [6.07, 6.45) is 3.00. The predicted molar refractivity (Wildman–Crippen MR) is 83.7 cm³/mol. The standard InChI is InChI=1S/C14H22BrN3O/c1-14(2,13(16)18-19)9-3-4-10-17-12-7-5-11(15)6-8-12/h5-8,17,19H,3-4,9-10H2,1-2H3,(H2,16,18). The highest BCUT2D eigenvalue weighted by Gasteiger charge is 2.22. The number of nitrogens with two attached hydrogens (primary N) is 1. The molecule has 0 aromatic heterocycles. The van der Waals surface area contributed by atoms with Gasteiger partial charge in [-0.25, -0.2) is 0 Å². The Hall–Kier alpha value is -1.23. The number of amidine groups is 1. The molecule has 0 bridgehead atoms. The van der Waals surface area contributed by atoms with Crippen LogP contribution in [0.25, 0.3) is 0 Å². The number of hydrogen-bond donors (Lipinski definition) is 3. The molecule has 19 heavy (non-hydrogen) atoms. The zero-order valence-corrected chi connectivity index (χ0v) is 13.1. The van der Waals surface area contributed by atoms with Crippen LogP contribution in [0.2, 0.25) is 0 Å². The minimum atomic E-state index is -0.244. The van der Waals surface area contributed by atoms with Crippen molar-refractivity contribution in [3.63, 3.8) is 0 Å². The molecule has 1 aromatic carbocycles. The Bertz CT molecular complexity index is 415. The van der Waals surface area contributed by atoms with E-state index in [0.29, 0.717) is 5.84 Å². The van der Waals surface area contributed by atoms with Crippen molar-refractivity contribution >= 4 is 27.5 Å². The summed E-state index contributed by atoms with van der Waals surface area (Å²) in [5.74, 6) is 0.299. The molecule has 0 fully saturated rings. The first-order chi connectivity index (χ1) is 8.95. The quantitative estimate of drug-likeness (QED) is 0.234. The molecular weight excluding hydrogens is 306 g/mol. The van der Waals surface area contributed by atoms with Crippen LogP contribution in [0, 0.1) is 5.41 Å². The summed E-state index contributed by atoms with van der Waals surface area (Å²) in [6, 6.07) is 8.13. The number of oxime groups is 1. The molecule has 0 atom stereocenters. The zero-order valence-electron chi connectivity index (χ0n) is 11.5. The lowest BCUT2D eigenvalue weighted by atomic mass is 9.86. The summed E-state index contributed by atoms with van der Waals surface area (Å²) < 4.78 is 1.08. The van der Waals surface area contributed by atoms with Gasteiger partial charge >= 0.3 is 0 Å². The lowest BCUT2D eigenvalue weighted by Crippen LogP contribution is -2.31. The first-order valence-electron chi connectivity index (χ1n) is 6.43. The van der Waals surface area contributed by atoms with E-state index in [1.165, 1.54) is 0 Å². The predicted octanol–water partition coefficient (Wildman–Crippen LogP) is 3.80. The number of hydrogen-bond acceptors (Lipinski definition) is 3. The molecule has 0 radical (unpaired) electrons. The average molecular weight is 328 g/mol. The molecule has 106 valence electrons. The van der Waals surface area contributed by atoms with Crippen LogP contribution in [0.5, 0.6) is 0 Å². The van der Waals surface area contributed by atoms with Crippen LogP contribution >= 0.6 is 15.9 Å². The van der Waals surface area contributed by atoms with E-state index in [2.05, 4.69) is 26.4 Å². The fraction of sp³-hybridized carbons (Fsp3) is 0.500. The number of benzene rings is 1. The van der Waals surface area contributed by atoms with Gasteiger partial charge in [0.15, 0.2) is 0 Å². The Kier molecular flexibility index (Phi) is 6.15. The maximum Gasteiger partial charge on any atom is 0.144 e. The van der Waals surface area contributed by atoms with Crippen molar-refractivity contribution in [2.75, 3.05) is 11.9 Å². The van der Waals surface area contributed by atoms with Crippen LogP contribution in [0.15, 0.2) is 33.9 Å². The minimum Gasteiger partial charge on any atom is -0.409 e. The molecule has 0 unspecified atom stereocenters. The summed E-state index contributed by atoms with van der Waals surface area (Å²) in [6.45, 7) is 4.91. The molecule has 0 saturated heterocycles. The molecule has 0 aliphatic heterocycles. The van der Waals surface area contributed by atoms with Crippen LogP contribution in [0.4, 0.5) is 5.69 Å². The van der Waals surface area contributed by atoms with E-state index < -0.39 is 0 Å². The summed E-state index contributed by atoms with van der Waals surface area (Å²) in [4.78, 5) is 0. The van der Waals surface area contributed by atoms with Gasteiger partial charge in [0.1, 0.15) is 5.84 Å². The van der Waals surface area contributed by atoms with Gasteiger partial charge in [-0.05, 0) is 37.1 Å². The van der Waals surface area contributed by atoms with Crippen molar-refractivity contribution in [2.45, 2.75) is 33.1 Å². The van der Waals surface area contributed by atoms with Gasteiger partial charge in [-0.1, -0.05) is 41.4 Å². The normalized spacial score (nSPS) is 12.5. The molecule has 5 heteroatoms. The van der Waals surface area contributed by atoms with Crippen LogP contribution in [-0.2, 0) is 0 Å². The SMILES string of the molecule is CC(C)(CCCCNc1ccc(Br)cc1)/C(N)=N/O. The fourth-order valence-electron chi connectivity index (χ4n) is 1.76. The van der Waals surface area contributed by atoms with E-state index in [-0.39, 0.29) is 5.41 Å². The topological polar surface area (TPSA) is 70.6 Å². The van der Waals surface area contributed by atoms with E-state index in [1.807, 2.05) is 38.1 Å². The van der Waals surface area contributed by atoms with E-state index in [0.717, 1.165) is 36.0 Å². The van der Waals surface area contributed by atoms with E-state index in [9.17, 15) is 0 Å². The zero-order chi connectivity index (χ0) is 14.3. The molecule has 4 N–H and O–H groups in total. The molecule has 0 spiro atoms. The monoisotopic (exact) mass is 327 g/mol. The van der Waals surface area contributed by atoms with Gasteiger partial charge in [0, 0.05) is 22.1 Å². The van der Waals surface area contributed by atoms with E-state index >= 15 is 0 Å². The molecule has 0 saturated carbocycles. The highest BCUT2D eigenvalue weighted by atomic mass is 79.9. The molecule has 0 amide bonds. The number of nitrogens with zero attached hydrogens (tertiary/aromatic N) is 1. The van der Waals surface area contributed by atoms with Crippen molar-refractivity contribution in [3.05, 3.63) is 28.7 Å². The van der Waals surface area contributed by atoms with Gasteiger partial charge in [-0.15, -0.1) is 0 Å². The number of unbranched alkanes of at least 4 members (excludes halogenated alkanes) is 1. The Balaban J connectivity index is 2.23. The summed E-state index contributed by atoms with van der Waals surface area (Å²) in [5.41, 5.74) is 6.53. The van der Waals surface area contributed by atoms with Gasteiger partial charge in [-0.3, -0.25) is 0 Å². The Morgan fingerprint density at radius 2 is 1.95 bits per heavy atom. The van der Waals surface area contributed by atoms with Crippen molar-refractivity contribution in [1.82, 2.24) is 0 Å².